The van der Waals surface area contributed by atoms with E-state index in [4.69, 9.17) is 4.18 Å². The minimum absolute atomic E-state index is 0.0403. The first-order chi connectivity index (χ1) is 16.5. The van der Waals surface area contributed by atoms with Crippen LogP contribution in [0.3, 0.4) is 0 Å². The van der Waals surface area contributed by atoms with E-state index in [-0.39, 0.29) is 29.7 Å². The number of fused-ring (bicyclic) bond motifs is 3. The lowest BCUT2D eigenvalue weighted by molar-refractivity contribution is -0.155. The second-order valence-electron chi connectivity index (χ2n) is 11.1. The lowest BCUT2D eigenvalue weighted by Gasteiger charge is -2.48. The number of piperidine rings is 2. The molecule has 0 spiro atoms. The Morgan fingerprint density at radius 2 is 1.51 bits per heavy atom. The number of hydrogen-bond acceptors (Lipinski definition) is 4. The minimum Gasteiger partial charge on any atom is -0.332 e. The van der Waals surface area contributed by atoms with Gasteiger partial charge in [-0.2, -0.15) is 8.42 Å². The molecule has 1 saturated carbocycles. The smallest absolute Gasteiger partial charge is 0.297 e. The first-order valence-electron chi connectivity index (χ1n) is 12.9. The van der Waals surface area contributed by atoms with E-state index in [2.05, 4.69) is 13.8 Å². The summed E-state index contributed by atoms with van der Waals surface area (Å²) in [6, 6.07) is 13.7. The van der Waals surface area contributed by atoms with Crippen molar-refractivity contribution in [2.45, 2.75) is 102 Å². The van der Waals surface area contributed by atoms with Gasteiger partial charge in [0.1, 0.15) is 4.90 Å². The second-order valence-corrected chi connectivity index (χ2v) is 12.6. The summed E-state index contributed by atoms with van der Waals surface area (Å²) in [5.41, 5.74) is 3.83. The first kappa shape index (κ1) is 25.9. The van der Waals surface area contributed by atoms with Crippen molar-refractivity contribution < 1.29 is 17.4 Å². The Morgan fingerprint density at radius 3 is 2.06 bits per heavy atom. The van der Waals surface area contributed by atoms with Crippen molar-refractivity contribution in [2.24, 2.45) is 5.92 Å². The SMILES string of the molecule is CC(C)c1cc(C(C)C)c(S(=O)(=O)OC2CC3CCC2N(Cc2ccccc2)C3=O)c(C(C)C)c1. The highest BCUT2D eigenvalue weighted by Crippen LogP contribution is 2.42. The summed E-state index contributed by atoms with van der Waals surface area (Å²) in [4.78, 5) is 15.3. The van der Waals surface area contributed by atoms with Crippen LogP contribution in [0.25, 0.3) is 0 Å². The third kappa shape index (κ3) is 5.19. The molecule has 5 nitrogen and oxygen atoms in total. The van der Waals surface area contributed by atoms with Crippen LogP contribution in [0.4, 0.5) is 0 Å². The van der Waals surface area contributed by atoms with Crippen molar-refractivity contribution in [2.75, 3.05) is 0 Å². The Hall–Kier alpha value is -2.18. The predicted octanol–water partition coefficient (Wildman–Crippen LogP) is 6.34. The van der Waals surface area contributed by atoms with E-state index in [9.17, 15) is 13.2 Å². The number of carbonyl (C=O) groups excluding carboxylic acids is 1. The molecule has 0 radical (unpaired) electrons. The first-order valence-corrected chi connectivity index (χ1v) is 14.4. The maximum Gasteiger partial charge on any atom is 0.297 e. The Labute approximate surface area is 211 Å². The van der Waals surface area contributed by atoms with E-state index in [0.717, 1.165) is 35.1 Å². The standard InChI is InChI=1S/C29H39NO4S/c1-18(2)23-14-24(19(3)4)28(25(15-23)20(5)6)35(32,33)34-27-16-22-12-13-26(27)30(29(22)31)17-21-10-8-7-9-11-21/h7-11,14-15,18-20,22,26-27H,12-13,16-17H2,1-6H3. The molecule has 2 aromatic rings. The van der Waals surface area contributed by atoms with Gasteiger partial charge >= 0.3 is 0 Å². The van der Waals surface area contributed by atoms with E-state index in [1.165, 1.54) is 0 Å². The predicted molar refractivity (Wildman–Crippen MR) is 139 cm³/mol. The van der Waals surface area contributed by atoms with Crippen LogP contribution in [0.2, 0.25) is 0 Å². The summed E-state index contributed by atoms with van der Waals surface area (Å²) < 4.78 is 33.9. The summed E-state index contributed by atoms with van der Waals surface area (Å²) in [7, 11) is -4.03. The third-order valence-electron chi connectivity index (χ3n) is 7.56. The molecular weight excluding hydrogens is 458 g/mol. The van der Waals surface area contributed by atoms with Crippen molar-refractivity contribution >= 4 is 16.0 Å². The molecule has 1 aliphatic carbocycles. The fraction of sp³-hybridized carbons (Fsp3) is 0.552. The minimum atomic E-state index is -4.03. The molecule has 6 heteroatoms. The number of carbonyl (C=O) groups is 1. The van der Waals surface area contributed by atoms with Gasteiger partial charge in [-0.25, -0.2) is 0 Å². The molecule has 35 heavy (non-hydrogen) atoms. The average Bonchev–Trinajstić information content (AvgIpc) is 2.81. The van der Waals surface area contributed by atoms with Gasteiger partial charge in [-0.3, -0.25) is 8.98 Å². The quantitative estimate of drug-likeness (QED) is 0.399. The van der Waals surface area contributed by atoms with Gasteiger partial charge in [-0.05, 0) is 59.3 Å². The monoisotopic (exact) mass is 497 g/mol. The van der Waals surface area contributed by atoms with Crippen LogP contribution in [-0.4, -0.2) is 31.4 Å². The highest BCUT2D eigenvalue weighted by atomic mass is 32.2. The van der Waals surface area contributed by atoms with Gasteiger partial charge in [0.25, 0.3) is 10.1 Å². The van der Waals surface area contributed by atoms with E-state index in [1.807, 2.05) is 75.1 Å². The fourth-order valence-corrected chi connectivity index (χ4v) is 7.35. The molecular formula is C29H39NO4S. The lowest BCUT2D eigenvalue weighted by atomic mass is 9.77. The van der Waals surface area contributed by atoms with Gasteiger partial charge in [0.15, 0.2) is 0 Å². The molecule has 2 bridgehead atoms. The lowest BCUT2D eigenvalue weighted by Crippen LogP contribution is -2.59. The van der Waals surface area contributed by atoms with Crippen LogP contribution in [0.5, 0.6) is 0 Å². The number of benzene rings is 2. The maximum atomic E-state index is 13.9. The summed E-state index contributed by atoms with van der Waals surface area (Å²) in [5.74, 6) is 0.321. The Balaban J connectivity index is 1.69. The molecule has 190 valence electrons. The maximum absolute atomic E-state index is 13.9. The fourth-order valence-electron chi connectivity index (χ4n) is 5.56. The summed E-state index contributed by atoms with van der Waals surface area (Å²) in [6.07, 6.45) is 1.51. The van der Waals surface area contributed by atoms with Crippen LogP contribution in [0.15, 0.2) is 47.4 Å². The number of nitrogens with zero attached hydrogens (tertiary/aromatic N) is 1. The highest BCUT2D eigenvalue weighted by molar-refractivity contribution is 7.86. The van der Waals surface area contributed by atoms with Crippen LogP contribution in [0.1, 0.15) is 101 Å². The average molecular weight is 498 g/mol. The molecule has 3 aliphatic rings. The van der Waals surface area contributed by atoms with Crippen LogP contribution in [-0.2, 0) is 25.6 Å². The number of rotatable bonds is 8. The summed E-state index contributed by atoms with van der Waals surface area (Å²) in [6.45, 7) is 12.9. The highest BCUT2D eigenvalue weighted by Gasteiger charge is 2.48. The van der Waals surface area contributed by atoms with Crippen molar-refractivity contribution in [3.05, 3.63) is 64.7 Å². The second kappa shape index (κ2) is 10.1. The molecule has 3 atom stereocenters. The Kier molecular flexibility index (Phi) is 7.44. The largest absolute Gasteiger partial charge is 0.332 e. The van der Waals surface area contributed by atoms with Crippen molar-refractivity contribution in [3.63, 3.8) is 0 Å². The van der Waals surface area contributed by atoms with E-state index in [1.54, 1.807) is 0 Å². The molecule has 3 unspecified atom stereocenters. The van der Waals surface area contributed by atoms with Gasteiger partial charge in [0, 0.05) is 12.5 Å². The number of hydrogen-bond donors (Lipinski definition) is 0. The zero-order valence-corrected chi connectivity index (χ0v) is 22.6. The van der Waals surface area contributed by atoms with Crippen molar-refractivity contribution in [1.29, 1.82) is 0 Å². The van der Waals surface area contributed by atoms with Crippen LogP contribution < -0.4 is 0 Å². The van der Waals surface area contributed by atoms with Crippen molar-refractivity contribution in [1.82, 2.24) is 4.90 Å². The zero-order chi connectivity index (χ0) is 25.5. The Bertz CT molecular complexity index is 1140. The normalized spacial score (nSPS) is 22.6. The molecule has 1 amide bonds. The third-order valence-corrected chi connectivity index (χ3v) is 9.04. The number of amides is 1. The molecule has 2 aliphatic heterocycles. The van der Waals surface area contributed by atoms with Crippen LogP contribution in [0, 0.1) is 5.92 Å². The topological polar surface area (TPSA) is 63.7 Å². The summed E-state index contributed by atoms with van der Waals surface area (Å²) in [5, 5.41) is 0. The van der Waals surface area contributed by atoms with Gasteiger partial charge in [-0.1, -0.05) is 84.0 Å². The van der Waals surface area contributed by atoms with E-state index >= 15 is 0 Å². The molecule has 2 heterocycles. The molecule has 0 N–H and O–H groups in total. The van der Waals surface area contributed by atoms with E-state index in [0.29, 0.717) is 23.8 Å². The van der Waals surface area contributed by atoms with Gasteiger partial charge in [0.05, 0.1) is 12.1 Å². The van der Waals surface area contributed by atoms with Gasteiger partial charge < -0.3 is 4.90 Å². The molecule has 5 rings (SSSR count). The van der Waals surface area contributed by atoms with Crippen LogP contribution >= 0.6 is 0 Å². The van der Waals surface area contributed by atoms with Gasteiger partial charge in [0.2, 0.25) is 5.91 Å². The molecule has 3 fully saturated rings. The zero-order valence-electron chi connectivity index (χ0n) is 21.8. The molecule has 0 aromatic heterocycles. The molecule has 2 saturated heterocycles. The summed E-state index contributed by atoms with van der Waals surface area (Å²) >= 11 is 0. The van der Waals surface area contributed by atoms with Gasteiger partial charge in [-0.15, -0.1) is 0 Å². The Morgan fingerprint density at radius 1 is 0.914 bits per heavy atom. The van der Waals surface area contributed by atoms with E-state index < -0.39 is 16.2 Å². The van der Waals surface area contributed by atoms with Crippen molar-refractivity contribution in [3.8, 4) is 0 Å². The molecule has 2 aromatic carbocycles.